The highest BCUT2D eigenvalue weighted by Gasteiger charge is 2.44. The van der Waals surface area contributed by atoms with Crippen molar-refractivity contribution >= 4 is 46.2 Å². The van der Waals surface area contributed by atoms with Crippen LogP contribution in [0.4, 0.5) is 0 Å². The molecule has 3 heteroatoms. The van der Waals surface area contributed by atoms with Gasteiger partial charge in [0.05, 0.1) is 16.4 Å². The van der Waals surface area contributed by atoms with E-state index in [-0.39, 0.29) is 0 Å². The zero-order valence-electron chi connectivity index (χ0n) is 28.5. The molecule has 0 spiro atoms. The lowest BCUT2D eigenvalue weighted by Crippen LogP contribution is -2.32. The number of benzene rings is 7. The molecule has 1 unspecified atom stereocenters. The zero-order chi connectivity index (χ0) is 35.1. The first-order valence-electron chi connectivity index (χ1n) is 17.5. The summed E-state index contributed by atoms with van der Waals surface area (Å²) in [6.45, 7) is 3.93. The second kappa shape index (κ2) is 13.4. The first kappa shape index (κ1) is 32.2. The van der Waals surface area contributed by atoms with Crippen LogP contribution in [-0.4, -0.2) is 4.57 Å². The summed E-state index contributed by atoms with van der Waals surface area (Å²) in [6.07, 6.45) is 10.4. The van der Waals surface area contributed by atoms with Gasteiger partial charge in [0.15, 0.2) is 0 Å². The largest absolute Gasteiger partial charge is 0.309 e. The normalized spacial score (nSPS) is 15.3. The fraction of sp³-hybridized carbons (Fsp3) is 0.0204. The lowest BCUT2D eigenvalue weighted by Gasteiger charge is -2.41. The maximum absolute atomic E-state index is 5.57. The first-order valence-corrected chi connectivity index (χ1v) is 18.8. The number of hydrogen-bond acceptors (Lipinski definition) is 2. The zero-order valence-corrected chi connectivity index (χ0v) is 30.2. The molecule has 248 valence electrons. The van der Waals surface area contributed by atoms with Crippen LogP contribution in [0.5, 0.6) is 0 Å². The van der Waals surface area contributed by atoms with Crippen LogP contribution in [-0.2, 0) is 5.41 Å². The van der Waals surface area contributed by atoms with E-state index in [9.17, 15) is 0 Å². The molecule has 0 radical (unpaired) electrons. The quantitative estimate of drug-likeness (QED) is 0.128. The Labute approximate surface area is 314 Å². The summed E-state index contributed by atoms with van der Waals surface area (Å²) >= 11 is 7.42. The Kier molecular flexibility index (Phi) is 8.31. The molecule has 1 atom stereocenters. The minimum absolute atomic E-state index is 0.659. The molecule has 2 heterocycles. The average Bonchev–Trinajstić information content (AvgIpc) is 3.54. The molecule has 1 aliphatic heterocycles. The third-order valence-electron chi connectivity index (χ3n) is 10.2. The van der Waals surface area contributed by atoms with Gasteiger partial charge < -0.3 is 4.57 Å². The van der Waals surface area contributed by atoms with Gasteiger partial charge in [0, 0.05) is 31.1 Å². The second-order valence-electron chi connectivity index (χ2n) is 13.0. The second-order valence-corrected chi connectivity index (χ2v) is 14.6. The van der Waals surface area contributed by atoms with Gasteiger partial charge in [-0.2, -0.15) is 0 Å². The molecular formula is C49H35NS2. The van der Waals surface area contributed by atoms with Crippen molar-refractivity contribution in [1.82, 2.24) is 4.57 Å². The third kappa shape index (κ3) is 5.11. The van der Waals surface area contributed by atoms with Crippen molar-refractivity contribution in [1.29, 1.82) is 0 Å². The van der Waals surface area contributed by atoms with Gasteiger partial charge in [-0.25, -0.2) is 0 Å². The van der Waals surface area contributed by atoms with Gasteiger partial charge in [-0.3, -0.25) is 0 Å². The van der Waals surface area contributed by atoms with Crippen molar-refractivity contribution in [2.75, 3.05) is 0 Å². The third-order valence-corrected chi connectivity index (χ3v) is 11.8. The van der Waals surface area contributed by atoms with Gasteiger partial charge in [-0.15, -0.1) is 12.6 Å². The predicted molar refractivity (Wildman–Crippen MR) is 224 cm³/mol. The number of hydrogen-bond donors (Lipinski definition) is 1. The SMILES string of the molecule is C=C/C=C\C=C/C1(c2cccc(-c3cccc4c3c3ccccc3n4-c3ccccc3)c2S)c2ccccc2Sc2cccc(-c3ccccc3)c21. The molecule has 0 bridgehead atoms. The van der Waals surface area contributed by atoms with Crippen molar-refractivity contribution in [2.24, 2.45) is 0 Å². The molecular weight excluding hydrogens is 667 g/mol. The highest BCUT2D eigenvalue weighted by atomic mass is 32.2. The van der Waals surface area contributed by atoms with Crippen LogP contribution in [0.1, 0.15) is 16.7 Å². The number of aromatic nitrogens is 1. The highest BCUT2D eigenvalue weighted by molar-refractivity contribution is 7.99. The molecule has 52 heavy (non-hydrogen) atoms. The van der Waals surface area contributed by atoms with Gasteiger partial charge in [-0.05, 0) is 75.3 Å². The van der Waals surface area contributed by atoms with Crippen LogP contribution in [0, 0.1) is 0 Å². The van der Waals surface area contributed by atoms with E-state index in [1.807, 2.05) is 23.9 Å². The van der Waals surface area contributed by atoms with E-state index in [2.05, 4.69) is 193 Å². The van der Waals surface area contributed by atoms with Crippen molar-refractivity contribution in [3.8, 4) is 27.9 Å². The van der Waals surface area contributed by atoms with E-state index in [1.54, 1.807) is 0 Å². The highest BCUT2D eigenvalue weighted by Crippen LogP contribution is 2.57. The number of thiol groups is 1. The number of rotatable bonds is 7. The number of fused-ring (bicyclic) bond motifs is 5. The predicted octanol–water partition coefficient (Wildman–Crippen LogP) is 13.5. The van der Waals surface area contributed by atoms with Crippen LogP contribution in [0.25, 0.3) is 49.7 Å². The summed E-state index contributed by atoms with van der Waals surface area (Å²) in [4.78, 5) is 3.44. The average molecular weight is 702 g/mol. The Morgan fingerprint density at radius 1 is 0.538 bits per heavy atom. The van der Waals surface area contributed by atoms with E-state index in [0.29, 0.717) is 0 Å². The van der Waals surface area contributed by atoms with Gasteiger partial charge in [0.25, 0.3) is 0 Å². The molecule has 0 N–H and O–H groups in total. The van der Waals surface area contributed by atoms with Crippen LogP contribution in [0.2, 0.25) is 0 Å². The molecule has 8 aromatic rings. The van der Waals surface area contributed by atoms with Gasteiger partial charge in [0.1, 0.15) is 0 Å². The summed E-state index contributed by atoms with van der Waals surface area (Å²) in [5.41, 5.74) is 11.1. The van der Waals surface area contributed by atoms with Crippen LogP contribution in [0.15, 0.2) is 215 Å². The Hall–Kier alpha value is -5.74. The van der Waals surface area contributed by atoms with Crippen molar-refractivity contribution in [2.45, 2.75) is 20.1 Å². The minimum Gasteiger partial charge on any atom is -0.309 e. The molecule has 0 fully saturated rings. The molecule has 7 aromatic carbocycles. The van der Waals surface area contributed by atoms with Crippen molar-refractivity contribution in [3.05, 3.63) is 217 Å². The molecule has 1 aliphatic rings. The number of para-hydroxylation sites is 2. The van der Waals surface area contributed by atoms with Gasteiger partial charge >= 0.3 is 0 Å². The van der Waals surface area contributed by atoms with E-state index in [4.69, 9.17) is 12.6 Å². The van der Waals surface area contributed by atoms with E-state index in [1.165, 1.54) is 53.9 Å². The Bertz CT molecular complexity index is 2680. The molecule has 1 aromatic heterocycles. The lowest BCUT2D eigenvalue weighted by molar-refractivity contribution is 0.719. The molecule has 9 rings (SSSR count). The molecule has 0 aliphatic carbocycles. The summed E-state index contributed by atoms with van der Waals surface area (Å²) in [7, 11) is 0. The lowest BCUT2D eigenvalue weighted by atomic mass is 9.66. The first-order chi connectivity index (χ1) is 25.7. The van der Waals surface area contributed by atoms with Crippen molar-refractivity contribution in [3.63, 3.8) is 0 Å². The molecule has 0 saturated carbocycles. The van der Waals surface area contributed by atoms with Crippen LogP contribution < -0.4 is 0 Å². The van der Waals surface area contributed by atoms with Crippen LogP contribution in [0.3, 0.4) is 0 Å². The fourth-order valence-corrected chi connectivity index (χ4v) is 9.77. The Morgan fingerprint density at radius 3 is 2.02 bits per heavy atom. The van der Waals surface area contributed by atoms with E-state index >= 15 is 0 Å². The number of allylic oxidation sites excluding steroid dienone is 5. The van der Waals surface area contributed by atoms with E-state index < -0.39 is 5.41 Å². The summed E-state index contributed by atoms with van der Waals surface area (Å²) in [5, 5.41) is 2.44. The van der Waals surface area contributed by atoms with E-state index in [0.717, 1.165) is 27.3 Å². The topological polar surface area (TPSA) is 4.93 Å². The summed E-state index contributed by atoms with van der Waals surface area (Å²) in [5.74, 6) is 0. The number of nitrogens with zero attached hydrogens (tertiary/aromatic N) is 1. The molecule has 0 amide bonds. The molecule has 0 saturated heterocycles. The fourth-order valence-electron chi connectivity index (χ4n) is 8.08. The monoisotopic (exact) mass is 701 g/mol. The van der Waals surface area contributed by atoms with Crippen molar-refractivity contribution < 1.29 is 0 Å². The summed E-state index contributed by atoms with van der Waals surface area (Å²) < 4.78 is 2.38. The Morgan fingerprint density at radius 2 is 1.17 bits per heavy atom. The Balaban J connectivity index is 1.38. The summed E-state index contributed by atoms with van der Waals surface area (Å²) in [6, 6.07) is 59.1. The minimum atomic E-state index is -0.659. The standard InChI is InChI=1S/C49H35NS2/c1-2-3-4-15-33-49(40-27-12-14-31-44(40)52-45-32-18-24-36(47(45)49)34-19-7-5-8-20-34)41-28-16-26-38(48(41)51)37-25-17-30-43-46(37)39-23-11-13-29-42(39)50(43)35-21-9-6-10-22-35/h2-33,51H,1H2/b4-3-,33-15-. The van der Waals surface area contributed by atoms with Crippen LogP contribution >= 0.6 is 24.4 Å². The maximum Gasteiger partial charge on any atom is 0.0674 e. The van der Waals surface area contributed by atoms with Gasteiger partial charge in [0.2, 0.25) is 0 Å². The maximum atomic E-state index is 5.57. The smallest absolute Gasteiger partial charge is 0.0674 e. The molecule has 1 nitrogen and oxygen atoms in total. The van der Waals surface area contributed by atoms with Gasteiger partial charge in [-0.1, -0.05) is 176 Å².